The van der Waals surface area contributed by atoms with Gasteiger partial charge in [-0.05, 0) is 44.3 Å². The fourth-order valence-corrected chi connectivity index (χ4v) is 3.21. The van der Waals surface area contributed by atoms with Gasteiger partial charge in [0.05, 0.1) is 13.7 Å². The van der Waals surface area contributed by atoms with Crippen molar-refractivity contribution < 1.29 is 19.0 Å². The van der Waals surface area contributed by atoms with Gasteiger partial charge in [0.25, 0.3) is 5.91 Å². The lowest BCUT2D eigenvalue weighted by Crippen LogP contribution is -2.47. The van der Waals surface area contributed by atoms with Gasteiger partial charge in [-0.1, -0.05) is 12.1 Å². The molecule has 0 aliphatic carbocycles. The average Bonchev–Trinajstić information content (AvgIpc) is 2.73. The van der Waals surface area contributed by atoms with Crippen LogP contribution in [0.5, 0.6) is 17.2 Å². The molecular formula is C22H28N2O4. The Morgan fingerprint density at radius 2 is 1.68 bits per heavy atom. The number of carbonyl (C=O) groups excluding carboxylic acids is 1. The summed E-state index contributed by atoms with van der Waals surface area (Å²) in [5, 5.41) is 0. The van der Waals surface area contributed by atoms with Crippen molar-refractivity contribution in [2.45, 2.75) is 13.5 Å². The zero-order valence-electron chi connectivity index (χ0n) is 16.8. The molecule has 6 nitrogen and oxygen atoms in total. The summed E-state index contributed by atoms with van der Waals surface area (Å²) in [6, 6.07) is 13.1. The van der Waals surface area contributed by atoms with E-state index in [1.165, 1.54) is 0 Å². The molecule has 28 heavy (non-hydrogen) atoms. The first kappa shape index (κ1) is 20.0. The van der Waals surface area contributed by atoms with E-state index in [0.29, 0.717) is 30.3 Å². The molecule has 1 aliphatic rings. The lowest BCUT2D eigenvalue weighted by molar-refractivity contribution is 0.0664. The third-order valence-electron chi connectivity index (χ3n) is 4.85. The van der Waals surface area contributed by atoms with E-state index in [1.54, 1.807) is 7.11 Å². The number of amides is 1. The number of hydrogen-bond acceptors (Lipinski definition) is 5. The predicted molar refractivity (Wildman–Crippen MR) is 108 cm³/mol. The lowest BCUT2D eigenvalue weighted by atomic mass is 10.1. The fraction of sp³-hybridized carbons (Fsp3) is 0.409. The molecule has 0 radical (unpaired) electrons. The Hall–Kier alpha value is -2.73. The Balaban J connectivity index is 1.78. The number of carbonyl (C=O) groups is 1. The van der Waals surface area contributed by atoms with E-state index >= 15 is 0 Å². The molecule has 1 heterocycles. The van der Waals surface area contributed by atoms with Crippen molar-refractivity contribution in [2.24, 2.45) is 0 Å². The van der Waals surface area contributed by atoms with E-state index in [1.807, 2.05) is 54.3 Å². The molecule has 2 aromatic carbocycles. The van der Waals surface area contributed by atoms with Gasteiger partial charge < -0.3 is 24.0 Å². The van der Waals surface area contributed by atoms with E-state index in [-0.39, 0.29) is 5.91 Å². The zero-order chi connectivity index (χ0) is 19.9. The minimum absolute atomic E-state index is 0.0506. The summed E-state index contributed by atoms with van der Waals surface area (Å²) >= 11 is 0. The molecule has 0 saturated carbocycles. The molecule has 0 spiro atoms. The number of likely N-dealkylation sites (N-methyl/N-ethyl adjacent to an activating group) is 1. The molecule has 0 unspecified atom stereocenters. The van der Waals surface area contributed by atoms with Crippen molar-refractivity contribution in [2.75, 3.05) is 46.9 Å². The first-order valence-corrected chi connectivity index (χ1v) is 9.61. The summed E-state index contributed by atoms with van der Waals surface area (Å²) in [5.41, 5.74) is 1.50. The van der Waals surface area contributed by atoms with Gasteiger partial charge in [0.2, 0.25) is 0 Å². The molecule has 1 aliphatic heterocycles. The molecule has 1 fully saturated rings. The van der Waals surface area contributed by atoms with Gasteiger partial charge in [-0.15, -0.1) is 0 Å². The Bertz CT molecular complexity index is 801. The topological polar surface area (TPSA) is 51.2 Å². The van der Waals surface area contributed by atoms with Gasteiger partial charge in [-0.2, -0.15) is 0 Å². The molecule has 3 rings (SSSR count). The fourth-order valence-electron chi connectivity index (χ4n) is 3.21. The Labute approximate surface area is 166 Å². The number of para-hydroxylation sites is 2. The number of benzene rings is 2. The second-order valence-electron chi connectivity index (χ2n) is 6.79. The third kappa shape index (κ3) is 4.75. The first-order chi connectivity index (χ1) is 13.6. The highest BCUT2D eigenvalue weighted by molar-refractivity contribution is 5.94. The van der Waals surface area contributed by atoms with Gasteiger partial charge in [-0.25, -0.2) is 0 Å². The van der Waals surface area contributed by atoms with Gasteiger partial charge in [0.1, 0.15) is 12.4 Å². The maximum absolute atomic E-state index is 12.9. The van der Waals surface area contributed by atoms with E-state index in [9.17, 15) is 4.79 Å². The molecule has 0 N–H and O–H groups in total. The van der Waals surface area contributed by atoms with E-state index in [0.717, 1.165) is 37.5 Å². The number of piperazine rings is 1. The Kier molecular flexibility index (Phi) is 6.76. The van der Waals surface area contributed by atoms with Gasteiger partial charge >= 0.3 is 0 Å². The predicted octanol–water partition coefficient (Wildman–Crippen LogP) is 3.06. The largest absolute Gasteiger partial charge is 0.493 e. The molecule has 0 bridgehead atoms. The molecule has 1 saturated heterocycles. The van der Waals surface area contributed by atoms with E-state index in [2.05, 4.69) is 11.9 Å². The van der Waals surface area contributed by atoms with Crippen molar-refractivity contribution in [1.29, 1.82) is 0 Å². The number of nitrogens with zero attached hydrogens (tertiary/aromatic N) is 2. The van der Waals surface area contributed by atoms with Gasteiger partial charge in [-0.3, -0.25) is 4.79 Å². The summed E-state index contributed by atoms with van der Waals surface area (Å²) in [5.74, 6) is 2.11. The minimum Gasteiger partial charge on any atom is -0.493 e. The van der Waals surface area contributed by atoms with Crippen LogP contribution in [0.1, 0.15) is 22.8 Å². The average molecular weight is 384 g/mol. The SMILES string of the molecule is CCOc1ccc(C(=O)N2CCN(C)CC2)cc1COc1ccccc1OC. The standard InChI is InChI=1S/C22H28N2O4/c1-4-27-19-10-9-17(22(25)24-13-11-23(2)12-14-24)15-18(19)16-28-21-8-6-5-7-20(21)26-3/h5-10,15H,4,11-14,16H2,1-3H3. The highest BCUT2D eigenvalue weighted by Gasteiger charge is 2.21. The first-order valence-electron chi connectivity index (χ1n) is 9.61. The normalized spacial score (nSPS) is 14.6. The molecular weight excluding hydrogens is 356 g/mol. The van der Waals surface area contributed by atoms with Crippen LogP contribution in [0.4, 0.5) is 0 Å². The monoisotopic (exact) mass is 384 g/mol. The second-order valence-corrected chi connectivity index (χ2v) is 6.79. The second kappa shape index (κ2) is 9.46. The molecule has 0 atom stereocenters. The Morgan fingerprint density at radius 3 is 2.36 bits per heavy atom. The van der Waals surface area contributed by atoms with Crippen molar-refractivity contribution in [3.63, 3.8) is 0 Å². The third-order valence-corrected chi connectivity index (χ3v) is 4.85. The molecule has 2 aromatic rings. The molecule has 6 heteroatoms. The highest BCUT2D eigenvalue weighted by Crippen LogP contribution is 2.29. The number of hydrogen-bond donors (Lipinski definition) is 0. The minimum atomic E-state index is 0.0506. The van der Waals surface area contributed by atoms with E-state index < -0.39 is 0 Å². The summed E-state index contributed by atoms with van der Waals surface area (Å²) in [7, 11) is 3.69. The molecule has 1 amide bonds. The summed E-state index contributed by atoms with van der Waals surface area (Å²) in [4.78, 5) is 17.0. The van der Waals surface area contributed by atoms with Crippen molar-refractivity contribution >= 4 is 5.91 Å². The van der Waals surface area contributed by atoms with Crippen molar-refractivity contribution in [3.8, 4) is 17.2 Å². The maximum Gasteiger partial charge on any atom is 0.253 e. The van der Waals surface area contributed by atoms with Crippen LogP contribution in [-0.2, 0) is 6.61 Å². The van der Waals surface area contributed by atoms with Crippen LogP contribution in [0, 0.1) is 0 Å². The molecule has 0 aromatic heterocycles. The smallest absolute Gasteiger partial charge is 0.253 e. The van der Waals surface area contributed by atoms with E-state index in [4.69, 9.17) is 14.2 Å². The summed E-state index contributed by atoms with van der Waals surface area (Å²) < 4.78 is 17.0. The summed E-state index contributed by atoms with van der Waals surface area (Å²) in [6.07, 6.45) is 0. The number of methoxy groups -OCH3 is 1. The zero-order valence-corrected chi connectivity index (χ0v) is 16.8. The van der Waals surface area contributed by atoms with Crippen LogP contribution in [-0.4, -0.2) is 62.7 Å². The number of rotatable bonds is 7. The van der Waals surface area contributed by atoms with Crippen molar-refractivity contribution in [3.05, 3.63) is 53.6 Å². The number of ether oxygens (including phenoxy) is 3. The van der Waals surface area contributed by atoms with Crippen LogP contribution in [0.15, 0.2) is 42.5 Å². The molecule has 150 valence electrons. The van der Waals surface area contributed by atoms with Crippen LogP contribution >= 0.6 is 0 Å². The van der Waals surface area contributed by atoms with Crippen LogP contribution in [0.25, 0.3) is 0 Å². The van der Waals surface area contributed by atoms with Crippen LogP contribution in [0.2, 0.25) is 0 Å². The van der Waals surface area contributed by atoms with Gasteiger partial charge in [0.15, 0.2) is 11.5 Å². The quantitative estimate of drug-likeness (QED) is 0.734. The van der Waals surface area contributed by atoms with Crippen LogP contribution < -0.4 is 14.2 Å². The lowest BCUT2D eigenvalue weighted by Gasteiger charge is -2.32. The van der Waals surface area contributed by atoms with Crippen LogP contribution in [0.3, 0.4) is 0 Å². The van der Waals surface area contributed by atoms with Gasteiger partial charge in [0, 0.05) is 37.3 Å². The summed E-state index contributed by atoms with van der Waals surface area (Å²) in [6.45, 7) is 6.06. The highest BCUT2D eigenvalue weighted by atomic mass is 16.5. The Morgan fingerprint density at radius 1 is 0.964 bits per heavy atom. The van der Waals surface area contributed by atoms with Crippen molar-refractivity contribution in [1.82, 2.24) is 9.80 Å². The maximum atomic E-state index is 12.9.